The van der Waals surface area contributed by atoms with E-state index in [1.807, 2.05) is 24.3 Å². The van der Waals surface area contributed by atoms with Crippen molar-refractivity contribution in [3.63, 3.8) is 0 Å². The van der Waals surface area contributed by atoms with Crippen LogP contribution in [-0.4, -0.2) is 27.9 Å². The van der Waals surface area contributed by atoms with Gasteiger partial charge in [0, 0.05) is 29.8 Å². The van der Waals surface area contributed by atoms with Gasteiger partial charge < -0.3 is 4.74 Å². The third kappa shape index (κ3) is 3.49. The number of hydrogen-bond donors (Lipinski definition) is 0. The van der Waals surface area contributed by atoms with Gasteiger partial charge in [0.1, 0.15) is 6.10 Å². The van der Waals surface area contributed by atoms with Crippen LogP contribution in [0, 0.1) is 17.5 Å². The molecule has 1 fully saturated rings. The zero-order chi connectivity index (χ0) is 21.4. The molecule has 1 aliphatic heterocycles. The van der Waals surface area contributed by atoms with E-state index in [-0.39, 0.29) is 12.0 Å². The first-order chi connectivity index (χ1) is 14.4. The summed E-state index contributed by atoms with van der Waals surface area (Å²) in [5, 5.41) is 1.91. The molecule has 1 saturated heterocycles. The number of rotatable bonds is 4. The summed E-state index contributed by atoms with van der Waals surface area (Å²) in [7, 11) is 0. The molecule has 0 N–H and O–H groups in total. The molecule has 0 bridgehead atoms. The summed E-state index contributed by atoms with van der Waals surface area (Å²) >= 11 is 0. The minimum Gasteiger partial charge on any atom is -0.439 e. The van der Waals surface area contributed by atoms with E-state index in [4.69, 9.17) is 4.74 Å². The first-order valence-electron chi connectivity index (χ1n) is 9.35. The molecular formula is C22H17F3N2O3. The molecule has 0 spiro atoms. The van der Waals surface area contributed by atoms with Crippen LogP contribution in [0.15, 0.2) is 48.8 Å². The van der Waals surface area contributed by atoms with Crippen LogP contribution in [0.25, 0.3) is 10.8 Å². The number of nitrogens with zero attached hydrogens (tertiary/aromatic N) is 2. The molecule has 154 valence electrons. The topological polar surface area (TPSA) is 59.5 Å². The number of benzene rings is 2. The van der Waals surface area contributed by atoms with Crippen LogP contribution in [0.2, 0.25) is 0 Å². The molecule has 0 radical (unpaired) electrons. The van der Waals surface area contributed by atoms with E-state index in [9.17, 15) is 22.8 Å². The van der Waals surface area contributed by atoms with Crippen molar-refractivity contribution in [3.05, 3.63) is 77.4 Å². The summed E-state index contributed by atoms with van der Waals surface area (Å²) in [6.45, 7) is 1.53. The first-order valence-corrected chi connectivity index (χ1v) is 9.35. The van der Waals surface area contributed by atoms with Gasteiger partial charge in [-0.3, -0.25) is 9.78 Å². The van der Waals surface area contributed by atoms with E-state index in [0.717, 1.165) is 33.4 Å². The summed E-state index contributed by atoms with van der Waals surface area (Å²) in [6.07, 6.45) is 1.78. The van der Waals surface area contributed by atoms with Crippen molar-refractivity contribution in [3.8, 4) is 0 Å². The predicted molar refractivity (Wildman–Crippen MR) is 102 cm³/mol. The fourth-order valence-electron chi connectivity index (χ4n) is 3.72. The zero-order valence-electron chi connectivity index (χ0n) is 15.9. The Morgan fingerprint density at radius 2 is 1.83 bits per heavy atom. The number of cyclic esters (lactones) is 1. The number of aryl methyl sites for hydroxylation is 1. The normalized spacial score (nSPS) is 18.7. The third-order valence-electron chi connectivity index (χ3n) is 5.23. The second-order valence-electron chi connectivity index (χ2n) is 7.13. The molecule has 30 heavy (non-hydrogen) atoms. The maximum Gasteiger partial charge on any atom is 0.417 e. The SMILES string of the molecule is C[C@H]1[C@@H](c2cc(F)c(F)c(F)c2)OC(=O)N1C(=O)CCc1cncc2ccccc12. The second-order valence-corrected chi connectivity index (χ2v) is 7.13. The van der Waals surface area contributed by atoms with Crippen molar-refractivity contribution in [2.45, 2.75) is 31.9 Å². The van der Waals surface area contributed by atoms with E-state index in [1.165, 1.54) is 6.92 Å². The maximum atomic E-state index is 13.6. The molecule has 0 unspecified atom stereocenters. The van der Waals surface area contributed by atoms with Gasteiger partial charge in [-0.15, -0.1) is 0 Å². The van der Waals surface area contributed by atoms with Crippen molar-refractivity contribution in [2.75, 3.05) is 0 Å². The number of ether oxygens (including phenoxy) is 1. The van der Waals surface area contributed by atoms with Gasteiger partial charge in [0.25, 0.3) is 0 Å². The Morgan fingerprint density at radius 1 is 1.13 bits per heavy atom. The maximum absolute atomic E-state index is 13.6. The smallest absolute Gasteiger partial charge is 0.417 e. The van der Waals surface area contributed by atoms with Crippen LogP contribution in [0.5, 0.6) is 0 Å². The average Bonchev–Trinajstić information content (AvgIpc) is 3.04. The quantitative estimate of drug-likeness (QED) is 0.581. The Morgan fingerprint density at radius 3 is 2.57 bits per heavy atom. The minimum atomic E-state index is -1.60. The largest absolute Gasteiger partial charge is 0.439 e. The monoisotopic (exact) mass is 414 g/mol. The van der Waals surface area contributed by atoms with Crippen molar-refractivity contribution >= 4 is 22.8 Å². The predicted octanol–water partition coefficient (Wildman–Crippen LogP) is 4.69. The van der Waals surface area contributed by atoms with Crippen molar-refractivity contribution < 1.29 is 27.5 Å². The molecule has 0 saturated carbocycles. The fourth-order valence-corrected chi connectivity index (χ4v) is 3.72. The summed E-state index contributed by atoms with van der Waals surface area (Å²) in [4.78, 5) is 30.1. The molecule has 2 heterocycles. The first kappa shape index (κ1) is 19.9. The molecule has 2 aromatic carbocycles. The van der Waals surface area contributed by atoms with Crippen LogP contribution in [0.1, 0.15) is 30.6 Å². The molecule has 2 amide bonds. The fraction of sp³-hybridized carbons (Fsp3) is 0.227. The highest BCUT2D eigenvalue weighted by Gasteiger charge is 2.43. The number of halogens is 3. The van der Waals surface area contributed by atoms with Crippen LogP contribution < -0.4 is 0 Å². The second kappa shape index (κ2) is 7.78. The Labute approximate surface area is 170 Å². The highest BCUT2D eigenvalue weighted by Crippen LogP contribution is 2.34. The molecular weight excluding hydrogens is 397 g/mol. The Balaban J connectivity index is 1.51. The van der Waals surface area contributed by atoms with Crippen molar-refractivity contribution in [1.29, 1.82) is 0 Å². The molecule has 5 nitrogen and oxygen atoms in total. The van der Waals surface area contributed by atoms with E-state index in [1.54, 1.807) is 12.4 Å². The van der Waals surface area contributed by atoms with Crippen LogP contribution in [-0.2, 0) is 16.0 Å². The molecule has 0 aliphatic carbocycles. The molecule has 1 aliphatic rings. The van der Waals surface area contributed by atoms with Crippen molar-refractivity contribution in [1.82, 2.24) is 9.88 Å². The lowest BCUT2D eigenvalue weighted by molar-refractivity contribution is -0.129. The van der Waals surface area contributed by atoms with Crippen molar-refractivity contribution in [2.24, 2.45) is 0 Å². The molecule has 4 rings (SSSR count). The van der Waals surface area contributed by atoms with Gasteiger partial charge >= 0.3 is 6.09 Å². The summed E-state index contributed by atoms with van der Waals surface area (Å²) in [5.41, 5.74) is 0.807. The number of carbonyl (C=O) groups excluding carboxylic acids is 2. The minimum absolute atomic E-state index is 0.0218. The van der Waals surface area contributed by atoms with E-state index in [2.05, 4.69) is 4.98 Å². The van der Waals surface area contributed by atoms with Gasteiger partial charge in [0.05, 0.1) is 6.04 Å². The zero-order valence-corrected chi connectivity index (χ0v) is 15.9. The Kier molecular flexibility index (Phi) is 5.15. The Hall–Kier alpha value is -3.42. The van der Waals surface area contributed by atoms with Crippen LogP contribution in [0.3, 0.4) is 0 Å². The standard InChI is InChI=1S/C22H17F3N2O3/c1-12-21(15-8-17(23)20(25)18(24)9-15)30-22(29)27(12)19(28)7-6-14-11-26-10-13-4-2-3-5-16(13)14/h2-5,8-12,21H,6-7H2,1H3/t12-,21-/m0/s1. The Bertz CT molecular complexity index is 1120. The number of imide groups is 1. The summed E-state index contributed by atoms with van der Waals surface area (Å²) in [5.74, 6) is -4.86. The van der Waals surface area contributed by atoms with Crippen LogP contribution >= 0.6 is 0 Å². The summed E-state index contributed by atoms with van der Waals surface area (Å²) in [6, 6.07) is 8.35. The highest BCUT2D eigenvalue weighted by molar-refractivity contribution is 5.94. The van der Waals surface area contributed by atoms with E-state index >= 15 is 0 Å². The number of aromatic nitrogens is 1. The molecule has 3 aromatic rings. The lowest BCUT2D eigenvalue weighted by Gasteiger charge is -2.19. The molecule has 2 atom stereocenters. The lowest BCUT2D eigenvalue weighted by Crippen LogP contribution is -2.37. The van der Waals surface area contributed by atoms with Gasteiger partial charge in [0.15, 0.2) is 17.5 Å². The van der Waals surface area contributed by atoms with Gasteiger partial charge in [-0.2, -0.15) is 0 Å². The number of hydrogen-bond acceptors (Lipinski definition) is 4. The van der Waals surface area contributed by atoms with Gasteiger partial charge in [-0.1, -0.05) is 24.3 Å². The van der Waals surface area contributed by atoms with Gasteiger partial charge in [-0.05, 0) is 36.4 Å². The summed E-state index contributed by atoms with van der Waals surface area (Å²) < 4.78 is 45.5. The lowest BCUT2D eigenvalue weighted by atomic mass is 10.0. The third-order valence-corrected chi connectivity index (χ3v) is 5.23. The number of fused-ring (bicyclic) bond motifs is 1. The average molecular weight is 414 g/mol. The number of amides is 2. The van der Waals surface area contributed by atoms with E-state index < -0.39 is 41.6 Å². The molecule has 1 aromatic heterocycles. The van der Waals surface area contributed by atoms with E-state index in [0.29, 0.717) is 6.42 Å². The van der Waals surface area contributed by atoms with Crippen LogP contribution in [0.4, 0.5) is 18.0 Å². The number of pyridine rings is 1. The van der Waals surface area contributed by atoms with Gasteiger partial charge in [-0.25, -0.2) is 22.9 Å². The highest BCUT2D eigenvalue weighted by atomic mass is 19.2. The number of carbonyl (C=O) groups is 2. The molecule has 8 heteroatoms. The van der Waals surface area contributed by atoms with Gasteiger partial charge in [0.2, 0.25) is 5.91 Å².